The first-order valence-electron chi connectivity index (χ1n) is 10.6. The fraction of sp³-hybridized carbons (Fsp3) is 0.409. The highest BCUT2D eigenvalue weighted by atomic mass is 35.5. The van der Waals surface area contributed by atoms with Gasteiger partial charge >= 0.3 is 5.97 Å². The first-order valence-corrected chi connectivity index (χ1v) is 11.0. The number of aromatic nitrogens is 2. The minimum atomic E-state index is -0.599. The largest absolute Gasteiger partial charge is 0.490 e. The van der Waals surface area contributed by atoms with Crippen LogP contribution in [0.3, 0.4) is 0 Å². The first-order chi connectivity index (χ1) is 16.4. The Morgan fingerprint density at radius 3 is 2.85 bits per heavy atom. The molecule has 12 heteroatoms. The fourth-order valence-corrected chi connectivity index (χ4v) is 3.36. The first kappa shape index (κ1) is 25.2. The van der Waals surface area contributed by atoms with Crippen LogP contribution in [0.25, 0.3) is 0 Å². The van der Waals surface area contributed by atoms with Crippen molar-refractivity contribution in [2.24, 2.45) is 5.16 Å². The third-order valence-electron chi connectivity index (χ3n) is 4.77. The summed E-state index contributed by atoms with van der Waals surface area (Å²) in [5.41, 5.74) is 0.656. The van der Waals surface area contributed by atoms with Crippen LogP contribution in [0, 0.1) is 0 Å². The molecule has 1 N–H and O–H groups in total. The van der Waals surface area contributed by atoms with Gasteiger partial charge in [0, 0.05) is 17.8 Å². The van der Waals surface area contributed by atoms with E-state index < -0.39 is 24.6 Å². The number of rotatable bonds is 10. The number of nitrogens with one attached hydrogen (secondary N) is 1. The summed E-state index contributed by atoms with van der Waals surface area (Å²) in [5.74, 6) is -0.825. The van der Waals surface area contributed by atoms with E-state index in [2.05, 4.69) is 15.4 Å². The Morgan fingerprint density at radius 2 is 2.15 bits per heavy atom. The van der Waals surface area contributed by atoms with Gasteiger partial charge in [-0.05, 0) is 38.1 Å². The number of halogens is 1. The molecule has 0 spiro atoms. The van der Waals surface area contributed by atoms with Crippen LogP contribution in [-0.2, 0) is 23.9 Å². The van der Waals surface area contributed by atoms with Gasteiger partial charge in [0.15, 0.2) is 11.5 Å². The van der Waals surface area contributed by atoms with Crippen LogP contribution < -0.4 is 4.74 Å². The molecule has 0 aliphatic carbocycles. The van der Waals surface area contributed by atoms with Gasteiger partial charge in [-0.15, -0.1) is 0 Å². The van der Waals surface area contributed by atoms with Crippen molar-refractivity contribution in [3.63, 3.8) is 0 Å². The fourth-order valence-electron chi connectivity index (χ4n) is 3.18. The quantitative estimate of drug-likeness (QED) is 0.230. The Kier molecular flexibility index (Phi) is 9.00. The number of nitrogens with zero attached hydrogens (tertiary/aromatic N) is 3. The second-order valence-electron chi connectivity index (χ2n) is 7.24. The van der Waals surface area contributed by atoms with E-state index in [4.69, 9.17) is 30.6 Å². The van der Waals surface area contributed by atoms with Gasteiger partial charge in [0.25, 0.3) is 5.91 Å². The summed E-state index contributed by atoms with van der Waals surface area (Å²) in [6, 6.07) is 6.36. The average Bonchev–Trinajstić information content (AvgIpc) is 3.35. The Morgan fingerprint density at radius 1 is 1.32 bits per heavy atom. The van der Waals surface area contributed by atoms with Crippen LogP contribution in [0.4, 0.5) is 0 Å². The van der Waals surface area contributed by atoms with Crippen molar-refractivity contribution in [2.75, 3.05) is 39.5 Å². The van der Waals surface area contributed by atoms with E-state index in [1.165, 1.54) is 13.1 Å². The molecule has 34 heavy (non-hydrogen) atoms. The normalized spacial score (nSPS) is 16.1. The van der Waals surface area contributed by atoms with Crippen LogP contribution >= 0.6 is 11.6 Å². The molecule has 1 aromatic carbocycles. The number of morpholine rings is 1. The number of aromatic amines is 1. The number of hydrogen-bond donors (Lipinski definition) is 1. The molecule has 182 valence electrons. The summed E-state index contributed by atoms with van der Waals surface area (Å²) in [5, 5.41) is 10.8. The van der Waals surface area contributed by atoms with Crippen molar-refractivity contribution in [1.82, 2.24) is 15.1 Å². The van der Waals surface area contributed by atoms with Gasteiger partial charge in [-0.25, -0.2) is 4.79 Å². The van der Waals surface area contributed by atoms with Gasteiger partial charge < -0.3 is 23.9 Å². The van der Waals surface area contributed by atoms with Gasteiger partial charge in [-0.2, -0.15) is 5.10 Å². The van der Waals surface area contributed by atoms with Crippen LogP contribution in [0.15, 0.2) is 35.6 Å². The van der Waals surface area contributed by atoms with Crippen molar-refractivity contribution >= 4 is 35.0 Å². The summed E-state index contributed by atoms with van der Waals surface area (Å²) in [6.45, 7) is 3.80. The van der Waals surface area contributed by atoms with E-state index in [0.717, 1.165) is 0 Å². The van der Waals surface area contributed by atoms with E-state index in [-0.39, 0.29) is 37.9 Å². The second-order valence-corrected chi connectivity index (χ2v) is 7.68. The predicted octanol–water partition coefficient (Wildman–Crippen LogP) is 1.86. The molecule has 2 heterocycles. The molecule has 1 aliphatic heterocycles. The number of amides is 1. The van der Waals surface area contributed by atoms with Gasteiger partial charge in [0.1, 0.15) is 18.5 Å². The molecule has 0 bridgehead atoms. The van der Waals surface area contributed by atoms with E-state index >= 15 is 0 Å². The van der Waals surface area contributed by atoms with Crippen molar-refractivity contribution in [1.29, 1.82) is 0 Å². The molecule has 11 nitrogen and oxygen atoms in total. The molecule has 1 unspecified atom stereocenters. The molecular formula is C22H25ClN4O7. The van der Waals surface area contributed by atoms with Crippen LogP contribution in [0.1, 0.15) is 29.9 Å². The number of carbonyl (C=O) groups excluding carboxylic acids is 3. The van der Waals surface area contributed by atoms with Crippen molar-refractivity contribution < 1.29 is 33.4 Å². The molecule has 2 aromatic rings. The smallest absolute Gasteiger partial charge is 0.347 e. The molecule has 1 saturated heterocycles. The Hall–Kier alpha value is -3.44. The van der Waals surface area contributed by atoms with Crippen LogP contribution in [0.5, 0.6) is 5.75 Å². The zero-order valence-corrected chi connectivity index (χ0v) is 19.5. The van der Waals surface area contributed by atoms with E-state index in [0.29, 0.717) is 28.6 Å². The Labute approximate surface area is 200 Å². The molecule has 1 amide bonds. The number of hydrogen-bond acceptors (Lipinski definition) is 9. The molecule has 0 saturated carbocycles. The summed E-state index contributed by atoms with van der Waals surface area (Å²) in [6.07, 6.45) is 1.02. The summed E-state index contributed by atoms with van der Waals surface area (Å²) in [4.78, 5) is 43.2. The maximum Gasteiger partial charge on any atom is 0.347 e. The summed E-state index contributed by atoms with van der Waals surface area (Å²) < 4.78 is 16.3. The lowest BCUT2D eigenvalue weighted by Crippen LogP contribution is -2.50. The van der Waals surface area contributed by atoms with Gasteiger partial charge in [0.05, 0.1) is 31.0 Å². The van der Waals surface area contributed by atoms with Crippen LogP contribution in [-0.4, -0.2) is 84.1 Å². The molecule has 3 rings (SSSR count). The van der Waals surface area contributed by atoms with Gasteiger partial charge in [0.2, 0.25) is 6.61 Å². The minimum Gasteiger partial charge on any atom is -0.490 e. The van der Waals surface area contributed by atoms with E-state index in [1.54, 1.807) is 36.1 Å². The number of Topliss-reactive ketones (excluding diaryl/α,β-unsaturated/α-hetero) is 1. The zero-order chi connectivity index (χ0) is 24.5. The molecule has 1 aromatic heterocycles. The highest BCUT2D eigenvalue weighted by Gasteiger charge is 2.30. The number of esters is 1. The molecule has 0 radical (unpaired) electrons. The van der Waals surface area contributed by atoms with E-state index in [9.17, 15) is 14.4 Å². The van der Waals surface area contributed by atoms with Gasteiger partial charge in [-0.1, -0.05) is 16.8 Å². The second kappa shape index (κ2) is 12.1. The maximum absolute atomic E-state index is 13.2. The molecule has 1 aliphatic rings. The topological polar surface area (TPSA) is 132 Å². The summed E-state index contributed by atoms with van der Waals surface area (Å²) >= 11 is 5.97. The lowest BCUT2D eigenvalue weighted by Gasteiger charge is -2.33. The monoisotopic (exact) mass is 492 g/mol. The number of ketones is 1. The van der Waals surface area contributed by atoms with Crippen molar-refractivity contribution in [2.45, 2.75) is 20.0 Å². The Balaban J connectivity index is 1.66. The number of ether oxygens (including phenoxy) is 3. The molecular weight excluding hydrogens is 468 g/mol. The predicted molar refractivity (Wildman–Crippen MR) is 121 cm³/mol. The standard InChI is InChI=1S/C22H25ClN4O7/c1-3-31-20(29)13-34-26-21(18-6-7-24-25-18)22(30)27-8-9-32-16(11-27)12-33-19-5-4-15(23)10-17(19)14(2)28/h4-7,10,16H,3,8-9,11-13H2,1-2H3,(H,24,25)/b26-21+. The van der Waals surface area contributed by atoms with Crippen LogP contribution in [0.2, 0.25) is 5.02 Å². The summed E-state index contributed by atoms with van der Waals surface area (Å²) in [7, 11) is 0. The lowest BCUT2D eigenvalue weighted by atomic mass is 10.1. The number of benzene rings is 1. The highest BCUT2D eigenvalue weighted by molar-refractivity contribution is 6.44. The lowest BCUT2D eigenvalue weighted by molar-refractivity contribution is -0.148. The average molecular weight is 493 g/mol. The molecule has 1 fully saturated rings. The van der Waals surface area contributed by atoms with Crippen molar-refractivity contribution in [3.05, 3.63) is 46.7 Å². The minimum absolute atomic E-state index is 0.0417. The highest BCUT2D eigenvalue weighted by Crippen LogP contribution is 2.24. The Bertz CT molecular complexity index is 1040. The SMILES string of the molecule is CCOC(=O)CO/N=C(/C(=O)N1CCOC(COc2ccc(Cl)cc2C(C)=O)C1)c1ccn[nH]1. The third kappa shape index (κ3) is 6.78. The van der Waals surface area contributed by atoms with Gasteiger partial charge in [-0.3, -0.25) is 14.7 Å². The third-order valence-corrected chi connectivity index (χ3v) is 5.01. The molecule has 1 atom stereocenters. The number of oxime groups is 1. The van der Waals surface area contributed by atoms with Crippen molar-refractivity contribution in [3.8, 4) is 5.75 Å². The zero-order valence-electron chi connectivity index (χ0n) is 18.8. The maximum atomic E-state index is 13.2. The number of carbonyl (C=O) groups is 3. The van der Waals surface area contributed by atoms with E-state index in [1.807, 2.05) is 0 Å². The number of H-pyrrole nitrogens is 1.